The second-order valence-electron chi connectivity index (χ2n) is 1.53. The molecule has 0 radical (unpaired) electrons. The molecule has 0 aliphatic heterocycles. The fraction of sp³-hybridized carbons (Fsp3) is 1.00. The van der Waals surface area contributed by atoms with E-state index in [2.05, 4.69) is 31.9 Å². The largest absolute Gasteiger partial charge is 0.384 e. The highest BCUT2D eigenvalue weighted by Gasteiger charge is 1.99. The van der Waals surface area contributed by atoms with Crippen LogP contribution in [-0.4, -0.2) is 23.9 Å². The van der Waals surface area contributed by atoms with Gasteiger partial charge in [0, 0.05) is 17.3 Å². The third-order valence-electron chi connectivity index (χ3n) is 0.770. The van der Waals surface area contributed by atoms with Crippen LogP contribution >= 0.6 is 31.9 Å². The van der Waals surface area contributed by atoms with Gasteiger partial charge in [-0.3, -0.25) is 0 Å². The van der Waals surface area contributed by atoms with Crippen molar-refractivity contribution in [3.05, 3.63) is 0 Å². The Morgan fingerprint density at radius 3 is 2.62 bits per heavy atom. The Balaban J connectivity index is 2.92. The highest BCUT2D eigenvalue weighted by atomic mass is 79.9. The number of alkyl halides is 2. The third kappa shape index (κ3) is 5.06. The summed E-state index contributed by atoms with van der Waals surface area (Å²) < 4.78 is 4.89. The van der Waals surface area contributed by atoms with E-state index in [9.17, 15) is 0 Å². The zero-order valence-corrected chi connectivity index (χ0v) is 8.03. The first-order valence-corrected chi connectivity index (χ1v) is 4.54. The van der Waals surface area contributed by atoms with Gasteiger partial charge in [-0.1, -0.05) is 31.9 Å². The van der Waals surface area contributed by atoms with Gasteiger partial charge in [0.15, 0.2) is 0 Å². The average Bonchev–Trinajstić information content (AvgIpc) is 1.68. The summed E-state index contributed by atoms with van der Waals surface area (Å²) in [6, 6.07) is 0. The van der Waals surface area contributed by atoms with Crippen molar-refractivity contribution in [2.45, 2.75) is 11.2 Å². The van der Waals surface area contributed by atoms with Crippen molar-refractivity contribution >= 4 is 31.9 Å². The molecule has 1 atom stereocenters. The molecule has 0 aliphatic rings. The summed E-state index contributed by atoms with van der Waals surface area (Å²) in [5, 5.41) is 1.03. The molecule has 8 heavy (non-hydrogen) atoms. The first-order valence-electron chi connectivity index (χ1n) is 2.50. The fourth-order valence-electron chi connectivity index (χ4n) is 0.383. The van der Waals surface area contributed by atoms with Crippen molar-refractivity contribution in [3.63, 3.8) is 0 Å². The normalized spacial score (nSPS) is 13.9. The van der Waals surface area contributed by atoms with Crippen molar-refractivity contribution in [2.75, 3.05) is 19.0 Å². The Morgan fingerprint density at radius 2 is 2.25 bits per heavy atom. The summed E-state index contributed by atoms with van der Waals surface area (Å²) in [6.45, 7) is 0.797. The van der Waals surface area contributed by atoms with E-state index in [1.807, 2.05) is 0 Å². The second kappa shape index (κ2) is 6.05. The van der Waals surface area contributed by atoms with Gasteiger partial charge in [-0.15, -0.1) is 0 Å². The molecule has 0 saturated heterocycles. The summed E-state index contributed by atoms with van der Waals surface area (Å²) in [6.07, 6.45) is 1.12. The van der Waals surface area contributed by atoms with Crippen LogP contribution in [0.1, 0.15) is 6.42 Å². The lowest BCUT2D eigenvalue weighted by Gasteiger charge is -2.03. The molecular formula is C5H10Br2O. The summed E-state index contributed by atoms with van der Waals surface area (Å²) in [4.78, 5) is 0.506. The predicted octanol–water partition coefficient (Wildman–Crippen LogP) is 2.18. The van der Waals surface area contributed by atoms with Crippen LogP contribution in [0.3, 0.4) is 0 Å². The van der Waals surface area contributed by atoms with Crippen LogP contribution in [-0.2, 0) is 4.74 Å². The van der Waals surface area contributed by atoms with E-state index in [1.54, 1.807) is 7.11 Å². The maximum atomic E-state index is 4.89. The molecule has 0 aliphatic carbocycles. The number of ether oxygens (including phenoxy) is 1. The van der Waals surface area contributed by atoms with Crippen LogP contribution in [0.25, 0.3) is 0 Å². The summed E-state index contributed by atoms with van der Waals surface area (Å²) >= 11 is 6.78. The lowest BCUT2D eigenvalue weighted by molar-refractivity contribution is 0.200. The van der Waals surface area contributed by atoms with E-state index in [1.165, 1.54) is 0 Å². The molecule has 0 rings (SSSR count). The molecule has 0 N–H and O–H groups in total. The van der Waals surface area contributed by atoms with Gasteiger partial charge in [-0.2, -0.15) is 0 Å². The van der Waals surface area contributed by atoms with E-state index < -0.39 is 0 Å². The van der Waals surface area contributed by atoms with Crippen molar-refractivity contribution in [2.24, 2.45) is 0 Å². The van der Waals surface area contributed by atoms with Crippen LogP contribution in [0.4, 0.5) is 0 Å². The fourth-order valence-corrected chi connectivity index (χ4v) is 2.04. The Kier molecular flexibility index (Phi) is 6.74. The van der Waals surface area contributed by atoms with Gasteiger partial charge in [0.25, 0.3) is 0 Å². The number of halogens is 2. The van der Waals surface area contributed by atoms with E-state index >= 15 is 0 Å². The Hall–Kier alpha value is 0.920. The van der Waals surface area contributed by atoms with Crippen LogP contribution in [0.5, 0.6) is 0 Å². The van der Waals surface area contributed by atoms with Crippen LogP contribution in [0.15, 0.2) is 0 Å². The van der Waals surface area contributed by atoms with Crippen LogP contribution < -0.4 is 0 Å². The quantitative estimate of drug-likeness (QED) is 0.690. The molecule has 0 aromatic heterocycles. The molecule has 0 aromatic rings. The lowest BCUT2D eigenvalue weighted by Crippen LogP contribution is -2.06. The molecule has 0 aromatic carbocycles. The summed E-state index contributed by atoms with van der Waals surface area (Å²) in [7, 11) is 1.71. The highest BCUT2D eigenvalue weighted by molar-refractivity contribution is 9.10. The van der Waals surface area contributed by atoms with E-state index in [-0.39, 0.29) is 0 Å². The second-order valence-corrected chi connectivity index (χ2v) is 3.62. The molecule has 0 unspecified atom stereocenters. The standard InChI is InChI=1S/C5H10Br2O/c1-8-4-5(7)2-3-6/h5H,2-4H2,1H3/t5-/m1/s1. The number of hydrogen-bond acceptors (Lipinski definition) is 1. The van der Waals surface area contributed by atoms with Gasteiger partial charge in [0.2, 0.25) is 0 Å². The zero-order valence-electron chi connectivity index (χ0n) is 4.86. The maximum Gasteiger partial charge on any atom is 0.0587 e. The van der Waals surface area contributed by atoms with Gasteiger partial charge in [-0.25, -0.2) is 0 Å². The van der Waals surface area contributed by atoms with E-state index in [0.717, 1.165) is 18.4 Å². The van der Waals surface area contributed by atoms with Gasteiger partial charge in [-0.05, 0) is 6.42 Å². The average molecular weight is 246 g/mol. The minimum atomic E-state index is 0.506. The predicted molar refractivity (Wildman–Crippen MR) is 43.0 cm³/mol. The van der Waals surface area contributed by atoms with E-state index in [0.29, 0.717) is 4.83 Å². The number of methoxy groups -OCH3 is 1. The van der Waals surface area contributed by atoms with Gasteiger partial charge in [0.1, 0.15) is 0 Å². The van der Waals surface area contributed by atoms with Crippen molar-refractivity contribution in [1.29, 1.82) is 0 Å². The molecular weight excluding hydrogens is 236 g/mol. The minimum Gasteiger partial charge on any atom is -0.384 e. The topological polar surface area (TPSA) is 9.23 Å². The smallest absolute Gasteiger partial charge is 0.0587 e. The van der Waals surface area contributed by atoms with Gasteiger partial charge >= 0.3 is 0 Å². The van der Waals surface area contributed by atoms with Crippen LogP contribution in [0, 0.1) is 0 Å². The molecule has 0 fully saturated rings. The Morgan fingerprint density at radius 1 is 1.62 bits per heavy atom. The first-order chi connectivity index (χ1) is 3.81. The van der Waals surface area contributed by atoms with Crippen LogP contribution in [0.2, 0.25) is 0 Å². The Labute approximate surface area is 67.0 Å². The van der Waals surface area contributed by atoms with Gasteiger partial charge in [0.05, 0.1) is 6.61 Å². The molecule has 50 valence electrons. The van der Waals surface area contributed by atoms with E-state index in [4.69, 9.17) is 4.74 Å². The Bertz CT molecular complexity index is 43.7. The molecule has 0 amide bonds. The summed E-state index contributed by atoms with van der Waals surface area (Å²) in [5.74, 6) is 0. The molecule has 0 saturated carbocycles. The first kappa shape index (κ1) is 8.92. The van der Waals surface area contributed by atoms with Crippen molar-refractivity contribution in [1.82, 2.24) is 0 Å². The van der Waals surface area contributed by atoms with Crippen molar-refractivity contribution in [3.8, 4) is 0 Å². The molecule has 1 nitrogen and oxygen atoms in total. The molecule has 0 bridgehead atoms. The number of hydrogen-bond donors (Lipinski definition) is 0. The molecule has 0 spiro atoms. The lowest BCUT2D eigenvalue weighted by atomic mass is 10.4. The van der Waals surface area contributed by atoms with Gasteiger partial charge < -0.3 is 4.74 Å². The molecule has 0 heterocycles. The summed E-state index contributed by atoms with van der Waals surface area (Å²) in [5.41, 5.74) is 0. The monoisotopic (exact) mass is 244 g/mol. The van der Waals surface area contributed by atoms with Crippen molar-refractivity contribution < 1.29 is 4.74 Å². The zero-order chi connectivity index (χ0) is 6.41. The maximum absolute atomic E-state index is 4.89. The highest BCUT2D eigenvalue weighted by Crippen LogP contribution is 2.06. The SMILES string of the molecule is COC[C@H](Br)CCBr. The third-order valence-corrected chi connectivity index (χ3v) is 1.95. The minimum absolute atomic E-state index is 0.506. The molecule has 3 heteroatoms. The number of rotatable bonds is 4.